The fraction of sp³-hybridized carbons (Fsp3) is 0.278. The molecule has 2 aromatic rings. The Balaban J connectivity index is 2.05. The molecular weight excluding hydrogens is 362 g/mol. The van der Waals surface area contributed by atoms with E-state index in [2.05, 4.69) is 0 Å². The van der Waals surface area contributed by atoms with E-state index in [1.807, 2.05) is 0 Å². The van der Waals surface area contributed by atoms with E-state index in [1.165, 1.54) is 0 Å². The summed E-state index contributed by atoms with van der Waals surface area (Å²) in [6.07, 6.45) is -8.73. The highest BCUT2D eigenvalue weighted by molar-refractivity contribution is 5.74. The molecule has 0 radical (unpaired) electrons. The van der Waals surface area contributed by atoms with Crippen molar-refractivity contribution in [2.75, 3.05) is 6.61 Å². The topological polar surface area (TPSA) is 26.3 Å². The van der Waals surface area contributed by atoms with Gasteiger partial charge in [-0.2, -0.15) is 26.3 Å². The summed E-state index contributed by atoms with van der Waals surface area (Å²) in [5, 5.41) is 0. The molecule has 2 nitrogen and oxygen atoms in total. The first kappa shape index (κ1) is 20.0. The number of rotatable bonds is 6. The number of halogens is 6. The Morgan fingerprint density at radius 1 is 0.846 bits per heavy atom. The summed E-state index contributed by atoms with van der Waals surface area (Å²) in [7, 11) is 0. The van der Waals surface area contributed by atoms with Crippen LogP contribution in [0.3, 0.4) is 0 Å². The molecule has 140 valence electrons. The van der Waals surface area contributed by atoms with Gasteiger partial charge in [-0.1, -0.05) is 18.2 Å². The van der Waals surface area contributed by atoms with Crippen LogP contribution in [0.2, 0.25) is 0 Å². The number of hydrogen-bond acceptors (Lipinski definition) is 2. The Kier molecular flexibility index (Phi) is 6.07. The van der Waals surface area contributed by atoms with E-state index in [0.717, 1.165) is 5.56 Å². The van der Waals surface area contributed by atoms with E-state index in [0.29, 0.717) is 30.4 Å². The van der Waals surface area contributed by atoms with E-state index in [4.69, 9.17) is 4.74 Å². The molecule has 0 saturated heterocycles. The fourth-order valence-electron chi connectivity index (χ4n) is 2.30. The van der Waals surface area contributed by atoms with Crippen LogP contribution in [0.25, 0.3) is 0 Å². The summed E-state index contributed by atoms with van der Waals surface area (Å²) >= 11 is 0. The van der Waals surface area contributed by atoms with Gasteiger partial charge in [0.05, 0.1) is 24.3 Å². The maximum Gasteiger partial charge on any atom is 0.416 e. The van der Waals surface area contributed by atoms with Crippen molar-refractivity contribution in [2.45, 2.75) is 25.4 Å². The molecule has 0 spiro atoms. The van der Waals surface area contributed by atoms with Gasteiger partial charge in [-0.25, -0.2) is 0 Å². The van der Waals surface area contributed by atoms with Gasteiger partial charge in [0.2, 0.25) is 0 Å². The third kappa shape index (κ3) is 5.59. The maximum absolute atomic E-state index is 12.8. The van der Waals surface area contributed by atoms with Gasteiger partial charge in [-0.15, -0.1) is 0 Å². The molecule has 0 unspecified atom stereocenters. The normalized spacial score (nSPS) is 12.2. The summed E-state index contributed by atoms with van der Waals surface area (Å²) in [6, 6.07) is 8.00. The molecule has 26 heavy (non-hydrogen) atoms. The van der Waals surface area contributed by atoms with E-state index in [-0.39, 0.29) is 24.8 Å². The lowest BCUT2D eigenvalue weighted by Gasteiger charge is -2.14. The van der Waals surface area contributed by atoms with Gasteiger partial charge in [-0.05, 0) is 41.8 Å². The molecule has 0 aromatic heterocycles. The Labute approximate surface area is 145 Å². The van der Waals surface area contributed by atoms with E-state index < -0.39 is 23.5 Å². The van der Waals surface area contributed by atoms with Gasteiger partial charge in [-0.3, -0.25) is 4.79 Å². The molecule has 0 heterocycles. The van der Waals surface area contributed by atoms with Crippen LogP contribution in [-0.4, -0.2) is 12.9 Å². The smallest absolute Gasteiger partial charge is 0.376 e. The maximum atomic E-state index is 12.8. The molecule has 2 rings (SSSR count). The zero-order valence-corrected chi connectivity index (χ0v) is 13.3. The molecule has 0 atom stereocenters. The van der Waals surface area contributed by atoms with E-state index in [9.17, 15) is 31.1 Å². The predicted octanol–water partition coefficient (Wildman–Crippen LogP) is 5.30. The molecule has 0 N–H and O–H groups in total. The van der Waals surface area contributed by atoms with Gasteiger partial charge in [0, 0.05) is 5.56 Å². The first-order valence-corrected chi connectivity index (χ1v) is 7.50. The highest BCUT2D eigenvalue weighted by Crippen LogP contribution is 2.36. The zero-order valence-electron chi connectivity index (χ0n) is 13.3. The number of benzene rings is 2. The second-order valence-electron chi connectivity index (χ2n) is 5.58. The van der Waals surface area contributed by atoms with Crippen LogP contribution in [0.1, 0.15) is 32.6 Å². The molecule has 0 bridgehead atoms. The molecular formula is C18H14F6O2. The van der Waals surface area contributed by atoms with E-state index >= 15 is 0 Å². The molecule has 0 fully saturated rings. The fourth-order valence-corrected chi connectivity index (χ4v) is 2.30. The molecule has 0 aliphatic rings. The number of aldehydes is 1. The van der Waals surface area contributed by atoms with Crippen molar-refractivity contribution in [1.82, 2.24) is 0 Å². The monoisotopic (exact) mass is 376 g/mol. The summed E-state index contributed by atoms with van der Waals surface area (Å²) in [5.74, 6) is 0. The summed E-state index contributed by atoms with van der Waals surface area (Å²) in [5.41, 5.74) is -1.71. The van der Waals surface area contributed by atoms with Gasteiger partial charge in [0.15, 0.2) is 0 Å². The molecule has 0 amide bonds. The number of ether oxygens (including phenoxy) is 1. The van der Waals surface area contributed by atoms with Crippen LogP contribution >= 0.6 is 0 Å². The number of hydrogen-bond donors (Lipinski definition) is 0. The largest absolute Gasteiger partial charge is 0.416 e. The van der Waals surface area contributed by atoms with Gasteiger partial charge in [0.25, 0.3) is 0 Å². The number of carbonyl (C=O) groups is 1. The van der Waals surface area contributed by atoms with Gasteiger partial charge < -0.3 is 4.74 Å². The SMILES string of the molecule is O=Cc1cccc(CCOCc2cc(C(F)(F)F)cc(C(F)(F)F)c2)c1. The Morgan fingerprint density at radius 2 is 1.46 bits per heavy atom. The zero-order chi connectivity index (χ0) is 19.4. The standard InChI is InChI=1S/C18H14F6O2/c19-17(20,21)15-7-14(8-16(9-15)18(22,23)24)11-26-5-4-12-2-1-3-13(6-12)10-25/h1-3,6-10H,4-5,11H2. The number of alkyl halides is 6. The minimum atomic E-state index is -4.88. The lowest BCUT2D eigenvalue weighted by Crippen LogP contribution is -2.12. The molecule has 0 saturated carbocycles. The highest BCUT2D eigenvalue weighted by Gasteiger charge is 2.36. The van der Waals surface area contributed by atoms with Crippen LogP contribution in [0.4, 0.5) is 26.3 Å². The molecule has 0 aliphatic carbocycles. The van der Waals surface area contributed by atoms with Crippen molar-refractivity contribution < 1.29 is 35.9 Å². The minimum Gasteiger partial charge on any atom is -0.376 e. The van der Waals surface area contributed by atoms with Crippen molar-refractivity contribution in [2.24, 2.45) is 0 Å². The van der Waals surface area contributed by atoms with Gasteiger partial charge in [0.1, 0.15) is 6.29 Å². The van der Waals surface area contributed by atoms with Crippen LogP contribution < -0.4 is 0 Å². The first-order chi connectivity index (χ1) is 12.1. The summed E-state index contributed by atoms with van der Waals surface area (Å²) in [4.78, 5) is 10.7. The number of carbonyl (C=O) groups excluding carboxylic acids is 1. The predicted molar refractivity (Wildman–Crippen MR) is 81.6 cm³/mol. The highest BCUT2D eigenvalue weighted by atomic mass is 19.4. The van der Waals surface area contributed by atoms with E-state index in [1.54, 1.807) is 24.3 Å². The third-order valence-corrected chi connectivity index (χ3v) is 3.54. The molecule has 2 aromatic carbocycles. The lowest BCUT2D eigenvalue weighted by molar-refractivity contribution is -0.143. The van der Waals surface area contributed by atoms with Crippen LogP contribution in [0.5, 0.6) is 0 Å². The van der Waals surface area contributed by atoms with Crippen LogP contribution in [0, 0.1) is 0 Å². The average Bonchev–Trinajstić information content (AvgIpc) is 2.57. The minimum absolute atomic E-state index is 0.0778. The van der Waals surface area contributed by atoms with Crippen molar-refractivity contribution in [3.05, 3.63) is 70.3 Å². The van der Waals surface area contributed by atoms with Crippen LogP contribution in [0.15, 0.2) is 42.5 Å². The van der Waals surface area contributed by atoms with Crippen LogP contribution in [-0.2, 0) is 30.1 Å². The molecule has 0 aliphatic heterocycles. The first-order valence-electron chi connectivity index (χ1n) is 7.50. The second-order valence-corrected chi connectivity index (χ2v) is 5.58. The Bertz CT molecular complexity index is 733. The van der Waals surface area contributed by atoms with Crippen molar-refractivity contribution in [3.63, 3.8) is 0 Å². The average molecular weight is 376 g/mol. The third-order valence-electron chi connectivity index (χ3n) is 3.54. The Hall–Kier alpha value is -2.35. The molecule has 8 heteroatoms. The quantitative estimate of drug-likeness (QED) is 0.389. The van der Waals surface area contributed by atoms with Crippen molar-refractivity contribution in [3.8, 4) is 0 Å². The summed E-state index contributed by atoms with van der Waals surface area (Å²) in [6.45, 7) is -0.305. The van der Waals surface area contributed by atoms with Gasteiger partial charge >= 0.3 is 12.4 Å². The lowest BCUT2D eigenvalue weighted by atomic mass is 10.1. The Morgan fingerprint density at radius 3 is 2.00 bits per heavy atom. The second kappa shape index (κ2) is 7.90. The summed E-state index contributed by atoms with van der Waals surface area (Å²) < 4.78 is 81.9. The van der Waals surface area contributed by atoms with Crippen molar-refractivity contribution >= 4 is 6.29 Å². The van der Waals surface area contributed by atoms with Crippen molar-refractivity contribution in [1.29, 1.82) is 0 Å².